The molecule has 1 N–H and O–H groups in total. The number of hydrogen-bond acceptors (Lipinski definition) is 3. The van der Waals surface area contributed by atoms with Crippen LogP contribution >= 0.6 is 0 Å². The Hall–Kier alpha value is -1.39. The lowest BCUT2D eigenvalue weighted by molar-refractivity contribution is -0.00588. The van der Waals surface area contributed by atoms with Crippen molar-refractivity contribution < 1.29 is 4.74 Å². The quantitative estimate of drug-likeness (QED) is 0.867. The zero-order chi connectivity index (χ0) is 11.7. The average Bonchev–Trinajstić information content (AvgIpc) is 2.66. The first-order valence-corrected chi connectivity index (χ1v) is 6.14. The van der Waals surface area contributed by atoms with E-state index in [4.69, 9.17) is 4.74 Å². The molecule has 0 radical (unpaired) electrons. The summed E-state index contributed by atoms with van der Waals surface area (Å²) in [5.41, 5.74) is 2.35. The lowest BCUT2D eigenvalue weighted by Crippen LogP contribution is -2.45. The molecule has 3 rings (SSSR count). The molecule has 2 heterocycles. The third kappa shape index (κ3) is 1.94. The van der Waals surface area contributed by atoms with E-state index in [1.807, 2.05) is 0 Å². The van der Waals surface area contributed by atoms with Crippen LogP contribution in [0.25, 0.3) is 10.9 Å². The van der Waals surface area contributed by atoms with Gasteiger partial charge in [0.2, 0.25) is 0 Å². The first kappa shape index (κ1) is 10.7. The standard InChI is InChI=1S/C13H17N3O/c1-2-16-13-6-4-3-5-11(13)12(15-16)7-14-10-8-17-9-10/h3-6,10,14H,2,7-9H2,1H3. The second-order valence-corrected chi connectivity index (χ2v) is 4.39. The molecule has 1 aliphatic rings. The first-order valence-electron chi connectivity index (χ1n) is 6.14. The Morgan fingerprint density at radius 1 is 1.41 bits per heavy atom. The number of ether oxygens (including phenoxy) is 1. The summed E-state index contributed by atoms with van der Waals surface area (Å²) in [6.07, 6.45) is 0. The van der Waals surface area contributed by atoms with Crippen LogP contribution in [-0.2, 0) is 17.8 Å². The highest BCUT2D eigenvalue weighted by Crippen LogP contribution is 2.18. The van der Waals surface area contributed by atoms with Crippen molar-refractivity contribution in [2.24, 2.45) is 0 Å². The lowest BCUT2D eigenvalue weighted by atomic mass is 10.2. The molecule has 1 aliphatic heterocycles. The van der Waals surface area contributed by atoms with Crippen molar-refractivity contribution in [3.05, 3.63) is 30.0 Å². The van der Waals surface area contributed by atoms with Gasteiger partial charge in [0.25, 0.3) is 0 Å². The van der Waals surface area contributed by atoms with E-state index in [-0.39, 0.29) is 0 Å². The predicted octanol–water partition coefficient (Wildman–Crippen LogP) is 1.54. The Kier molecular flexibility index (Phi) is 2.82. The van der Waals surface area contributed by atoms with E-state index in [9.17, 15) is 0 Å². The topological polar surface area (TPSA) is 39.1 Å². The molecule has 1 aromatic heterocycles. The highest BCUT2D eigenvalue weighted by molar-refractivity contribution is 5.81. The second kappa shape index (κ2) is 4.47. The fourth-order valence-corrected chi connectivity index (χ4v) is 2.16. The van der Waals surface area contributed by atoms with E-state index in [1.165, 1.54) is 10.9 Å². The maximum absolute atomic E-state index is 5.15. The molecule has 0 saturated carbocycles. The van der Waals surface area contributed by atoms with Gasteiger partial charge in [0, 0.05) is 18.5 Å². The van der Waals surface area contributed by atoms with Gasteiger partial charge < -0.3 is 10.1 Å². The molecule has 0 spiro atoms. The van der Waals surface area contributed by atoms with E-state index in [0.717, 1.165) is 32.0 Å². The van der Waals surface area contributed by atoms with E-state index in [2.05, 4.69) is 46.3 Å². The molecule has 4 nitrogen and oxygen atoms in total. The minimum Gasteiger partial charge on any atom is -0.378 e. The van der Waals surface area contributed by atoms with Crippen molar-refractivity contribution >= 4 is 10.9 Å². The highest BCUT2D eigenvalue weighted by atomic mass is 16.5. The zero-order valence-corrected chi connectivity index (χ0v) is 10.0. The van der Waals surface area contributed by atoms with Crippen molar-refractivity contribution in [2.75, 3.05) is 13.2 Å². The van der Waals surface area contributed by atoms with Crippen LogP contribution in [0.4, 0.5) is 0 Å². The molecule has 0 bridgehead atoms. The third-order valence-corrected chi connectivity index (χ3v) is 3.23. The van der Waals surface area contributed by atoms with Crippen molar-refractivity contribution in [2.45, 2.75) is 26.1 Å². The minimum atomic E-state index is 0.500. The number of para-hydroxylation sites is 1. The van der Waals surface area contributed by atoms with Crippen molar-refractivity contribution in [1.29, 1.82) is 0 Å². The van der Waals surface area contributed by atoms with E-state index >= 15 is 0 Å². The maximum Gasteiger partial charge on any atom is 0.0841 e. The molecule has 0 aliphatic carbocycles. The van der Waals surface area contributed by atoms with E-state index in [1.54, 1.807) is 0 Å². The summed E-state index contributed by atoms with van der Waals surface area (Å²) in [5.74, 6) is 0. The Morgan fingerprint density at radius 3 is 2.94 bits per heavy atom. The molecule has 90 valence electrons. The molecule has 4 heteroatoms. The normalized spacial score (nSPS) is 16.3. The van der Waals surface area contributed by atoms with Crippen LogP contribution in [0.15, 0.2) is 24.3 Å². The number of nitrogens with zero attached hydrogens (tertiary/aromatic N) is 2. The number of hydrogen-bond donors (Lipinski definition) is 1. The Bertz CT molecular complexity index is 516. The summed E-state index contributed by atoms with van der Waals surface area (Å²) >= 11 is 0. The second-order valence-electron chi connectivity index (χ2n) is 4.39. The van der Waals surface area contributed by atoms with Crippen LogP contribution in [-0.4, -0.2) is 29.0 Å². The van der Waals surface area contributed by atoms with Gasteiger partial charge in [-0.1, -0.05) is 18.2 Å². The lowest BCUT2D eigenvalue weighted by Gasteiger charge is -2.26. The van der Waals surface area contributed by atoms with Gasteiger partial charge in [-0.15, -0.1) is 0 Å². The third-order valence-electron chi connectivity index (χ3n) is 3.23. The number of rotatable bonds is 4. The number of benzene rings is 1. The van der Waals surface area contributed by atoms with Gasteiger partial charge in [-0.2, -0.15) is 5.10 Å². The number of aromatic nitrogens is 2. The highest BCUT2D eigenvalue weighted by Gasteiger charge is 2.18. The summed E-state index contributed by atoms with van der Waals surface area (Å²) in [6.45, 7) is 5.50. The zero-order valence-electron chi connectivity index (χ0n) is 10.0. The molecule has 1 aromatic carbocycles. The van der Waals surface area contributed by atoms with Gasteiger partial charge >= 0.3 is 0 Å². The smallest absolute Gasteiger partial charge is 0.0841 e. The van der Waals surface area contributed by atoms with Crippen LogP contribution in [0.1, 0.15) is 12.6 Å². The van der Waals surface area contributed by atoms with Crippen LogP contribution in [0.3, 0.4) is 0 Å². The van der Waals surface area contributed by atoms with Crippen LogP contribution in [0, 0.1) is 0 Å². The Morgan fingerprint density at radius 2 is 2.24 bits per heavy atom. The largest absolute Gasteiger partial charge is 0.378 e. The van der Waals surface area contributed by atoms with Crippen LogP contribution in [0.2, 0.25) is 0 Å². The first-order chi connectivity index (χ1) is 8.38. The van der Waals surface area contributed by atoms with Crippen molar-refractivity contribution in [3.8, 4) is 0 Å². The van der Waals surface area contributed by atoms with Crippen LogP contribution < -0.4 is 5.32 Å². The summed E-state index contributed by atoms with van der Waals surface area (Å²) < 4.78 is 7.21. The molecule has 1 saturated heterocycles. The summed E-state index contributed by atoms with van der Waals surface area (Å²) in [6, 6.07) is 8.90. The Balaban J connectivity index is 1.86. The monoisotopic (exact) mass is 231 g/mol. The molecule has 17 heavy (non-hydrogen) atoms. The van der Waals surface area contributed by atoms with Gasteiger partial charge in [0.05, 0.1) is 30.5 Å². The molecular formula is C13H17N3O. The fraction of sp³-hybridized carbons (Fsp3) is 0.462. The van der Waals surface area contributed by atoms with Gasteiger partial charge in [-0.25, -0.2) is 0 Å². The number of fused-ring (bicyclic) bond motifs is 1. The fourth-order valence-electron chi connectivity index (χ4n) is 2.16. The molecule has 0 atom stereocenters. The summed E-state index contributed by atoms with van der Waals surface area (Å²) in [4.78, 5) is 0. The molecular weight excluding hydrogens is 214 g/mol. The van der Waals surface area contributed by atoms with Gasteiger partial charge in [0.15, 0.2) is 0 Å². The van der Waals surface area contributed by atoms with E-state index < -0.39 is 0 Å². The van der Waals surface area contributed by atoms with Crippen molar-refractivity contribution in [1.82, 2.24) is 15.1 Å². The summed E-state index contributed by atoms with van der Waals surface area (Å²) in [5, 5.41) is 9.37. The maximum atomic E-state index is 5.15. The SMILES string of the molecule is CCn1nc(CNC2COC2)c2ccccc21. The molecule has 1 fully saturated rings. The van der Waals surface area contributed by atoms with Crippen LogP contribution in [0.5, 0.6) is 0 Å². The van der Waals surface area contributed by atoms with E-state index in [0.29, 0.717) is 6.04 Å². The van der Waals surface area contributed by atoms with Gasteiger partial charge in [-0.05, 0) is 13.0 Å². The molecule has 2 aromatic rings. The van der Waals surface area contributed by atoms with Crippen molar-refractivity contribution in [3.63, 3.8) is 0 Å². The molecule has 0 unspecified atom stereocenters. The van der Waals surface area contributed by atoms with Gasteiger partial charge in [0.1, 0.15) is 0 Å². The number of aryl methyl sites for hydroxylation is 1. The Labute approximate surface area is 101 Å². The summed E-state index contributed by atoms with van der Waals surface area (Å²) in [7, 11) is 0. The average molecular weight is 231 g/mol. The number of nitrogens with one attached hydrogen (secondary N) is 1. The molecule has 0 amide bonds. The predicted molar refractivity (Wildman–Crippen MR) is 66.9 cm³/mol. The van der Waals surface area contributed by atoms with Gasteiger partial charge in [-0.3, -0.25) is 4.68 Å². The minimum absolute atomic E-state index is 0.500.